The van der Waals surface area contributed by atoms with E-state index < -0.39 is 22.1 Å². The molecule has 0 atom stereocenters. The van der Waals surface area contributed by atoms with Crippen molar-refractivity contribution in [2.75, 3.05) is 0 Å². The second kappa shape index (κ2) is 8.11. The fourth-order valence-corrected chi connectivity index (χ4v) is 3.35. The van der Waals surface area contributed by atoms with Crippen LogP contribution >= 0.6 is 11.6 Å². The molecule has 0 aliphatic heterocycles. The minimum absolute atomic E-state index is 0.0104. The molecule has 2 heterocycles. The molecule has 4 rings (SSSR count). The molecule has 10 heteroatoms. The summed E-state index contributed by atoms with van der Waals surface area (Å²) in [7, 11) is 0. The largest absolute Gasteiger partial charge is 0.423 e. The minimum atomic E-state index is -0.990. The number of ether oxygens (including phenoxy) is 1. The zero-order chi connectivity index (χ0) is 22.1. The average molecular weight is 442 g/mol. The third kappa shape index (κ3) is 3.95. The lowest BCUT2D eigenvalue weighted by molar-refractivity contribution is -0.387. The number of nitrogens with zero attached hydrogens (tertiary/aromatic N) is 3. The summed E-state index contributed by atoms with van der Waals surface area (Å²) in [5, 5.41) is 11.7. The van der Waals surface area contributed by atoms with Crippen molar-refractivity contribution >= 4 is 28.3 Å². The molecular formula is C21H13ClFN3O5. The molecule has 2 aromatic carbocycles. The van der Waals surface area contributed by atoms with E-state index in [0.717, 1.165) is 6.07 Å². The Bertz CT molecular complexity index is 1380. The van der Waals surface area contributed by atoms with E-state index in [9.17, 15) is 19.3 Å². The fraction of sp³-hybridized carbons (Fsp3) is 0.0952. The summed E-state index contributed by atoms with van der Waals surface area (Å²) < 4.78 is 25.4. The number of fused-ring (bicyclic) bond motifs is 1. The van der Waals surface area contributed by atoms with Crippen molar-refractivity contribution < 1.29 is 18.5 Å². The first-order chi connectivity index (χ1) is 14.8. The smallest absolute Gasteiger partial charge is 0.340 e. The van der Waals surface area contributed by atoms with Gasteiger partial charge in [0.25, 0.3) is 0 Å². The van der Waals surface area contributed by atoms with Crippen molar-refractivity contribution in [1.29, 1.82) is 0 Å². The molecule has 0 fully saturated rings. The summed E-state index contributed by atoms with van der Waals surface area (Å²) in [5.74, 6) is -0.795. The highest BCUT2D eigenvalue weighted by Gasteiger charge is 2.21. The Morgan fingerprint density at radius 2 is 1.97 bits per heavy atom. The number of halogens is 2. The van der Waals surface area contributed by atoms with Crippen LogP contribution in [0.25, 0.3) is 11.0 Å². The number of nitro benzene ring substituents is 1. The monoisotopic (exact) mass is 441 g/mol. The van der Waals surface area contributed by atoms with Gasteiger partial charge in [-0.05, 0) is 30.2 Å². The van der Waals surface area contributed by atoms with E-state index >= 15 is 0 Å². The molecule has 0 aliphatic rings. The van der Waals surface area contributed by atoms with Gasteiger partial charge in [-0.2, -0.15) is 4.39 Å². The molecule has 0 unspecified atom stereocenters. The molecule has 2 aromatic heterocycles. The maximum absolute atomic E-state index is 14.5. The second-order valence-corrected chi connectivity index (χ2v) is 7.00. The number of benzene rings is 2. The fourth-order valence-electron chi connectivity index (χ4n) is 3.14. The number of nitro groups is 1. The predicted octanol–water partition coefficient (Wildman–Crippen LogP) is 4.98. The normalized spacial score (nSPS) is 10.9. The van der Waals surface area contributed by atoms with Crippen LogP contribution in [-0.2, 0) is 6.42 Å². The Hall–Kier alpha value is -3.85. The van der Waals surface area contributed by atoms with Gasteiger partial charge in [0.1, 0.15) is 5.58 Å². The molecule has 31 heavy (non-hydrogen) atoms. The Kier molecular flexibility index (Phi) is 5.35. The van der Waals surface area contributed by atoms with Gasteiger partial charge in [-0.15, -0.1) is 0 Å². The summed E-state index contributed by atoms with van der Waals surface area (Å²) >= 11 is 6.32. The van der Waals surface area contributed by atoms with Crippen molar-refractivity contribution in [2.45, 2.75) is 13.3 Å². The van der Waals surface area contributed by atoms with Gasteiger partial charge < -0.3 is 9.15 Å². The predicted molar refractivity (Wildman–Crippen MR) is 110 cm³/mol. The lowest BCUT2D eigenvalue weighted by Crippen LogP contribution is -2.12. The van der Waals surface area contributed by atoms with Gasteiger partial charge in [-0.3, -0.25) is 10.1 Å². The van der Waals surface area contributed by atoms with Gasteiger partial charge in [-0.1, -0.05) is 23.7 Å². The topological polar surface area (TPSA) is 108 Å². The molecule has 0 bridgehead atoms. The van der Waals surface area contributed by atoms with E-state index in [4.69, 9.17) is 20.8 Å². The molecule has 0 saturated heterocycles. The highest BCUT2D eigenvalue weighted by molar-refractivity contribution is 6.32. The molecule has 156 valence electrons. The molecule has 8 nitrogen and oxygen atoms in total. The van der Waals surface area contributed by atoms with Crippen molar-refractivity contribution in [3.63, 3.8) is 0 Å². The van der Waals surface area contributed by atoms with Crippen LogP contribution in [0.2, 0.25) is 5.02 Å². The highest BCUT2D eigenvalue weighted by Crippen LogP contribution is 2.34. The molecule has 0 N–H and O–H groups in total. The number of aryl methyl sites for hydroxylation is 1. The number of aromatic nitrogens is 2. The van der Waals surface area contributed by atoms with Crippen molar-refractivity contribution in [1.82, 2.24) is 9.97 Å². The van der Waals surface area contributed by atoms with Crippen LogP contribution in [0.3, 0.4) is 0 Å². The molecule has 0 spiro atoms. The Morgan fingerprint density at radius 1 is 1.23 bits per heavy atom. The van der Waals surface area contributed by atoms with E-state index in [1.807, 2.05) is 0 Å². The quantitative estimate of drug-likeness (QED) is 0.244. The van der Waals surface area contributed by atoms with Crippen LogP contribution in [0.4, 0.5) is 10.1 Å². The molecule has 4 aromatic rings. The first-order valence-electron chi connectivity index (χ1n) is 8.97. The van der Waals surface area contributed by atoms with Crippen LogP contribution in [0.5, 0.6) is 11.8 Å². The lowest BCUT2D eigenvalue weighted by Gasteiger charge is -2.11. The highest BCUT2D eigenvalue weighted by atomic mass is 35.5. The molecule has 0 radical (unpaired) electrons. The third-order valence-corrected chi connectivity index (χ3v) is 5.00. The van der Waals surface area contributed by atoms with E-state index in [2.05, 4.69) is 9.97 Å². The van der Waals surface area contributed by atoms with Gasteiger partial charge in [-0.25, -0.2) is 14.8 Å². The lowest BCUT2D eigenvalue weighted by atomic mass is 9.99. The average Bonchev–Trinajstić information content (AvgIpc) is 2.74. The molecule has 0 amide bonds. The Labute approximate surface area is 179 Å². The first kappa shape index (κ1) is 20.4. The summed E-state index contributed by atoms with van der Waals surface area (Å²) in [6.07, 6.45) is 2.83. The molecular weight excluding hydrogens is 429 g/mol. The standard InChI is InChI=1S/C21H13ClFN3O5/c1-11-13-9-15(22)18(31-21-24-6-3-7-25-21)10-17(13)30-20(27)14(11)8-12-4-2-5-16(19(12)23)26(28)29/h2-7,9-10H,8H2,1H3. The Morgan fingerprint density at radius 3 is 2.68 bits per heavy atom. The molecule has 0 aliphatic carbocycles. The van der Waals surface area contributed by atoms with E-state index in [0.29, 0.717) is 10.9 Å². The maximum Gasteiger partial charge on any atom is 0.340 e. The van der Waals surface area contributed by atoms with Crippen LogP contribution in [-0.4, -0.2) is 14.9 Å². The number of rotatable bonds is 5. The SMILES string of the molecule is Cc1c(Cc2cccc([N+](=O)[O-])c2F)c(=O)oc2cc(Oc3ncccn3)c(Cl)cc12. The van der Waals surface area contributed by atoms with Gasteiger partial charge in [0.15, 0.2) is 5.75 Å². The van der Waals surface area contributed by atoms with Gasteiger partial charge in [0.05, 0.1) is 9.95 Å². The summed E-state index contributed by atoms with van der Waals surface area (Å²) in [6, 6.07) is 8.51. The summed E-state index contributed by atoms with van der Waals surface area (Å²) in [4.78, 5) is 30.7. The number of hydrogen-bond acceptors (Lipinski definition) is 7. The third-order valence-electron chi connectivity index (χ3n) is 4.71. The summed E-state index contributed by atoms with van der Waals surface area (Å²) in [6.45, 7) is 1.67. The van der Waals surface area contributed by atoms with Crippen LogP contribution < -0.4 is 10.4 Å². The zero-order valence-corrected chi connectivity index (χ0v) is 16.7. The van der Waals surface area contributed by atoms with Gasteiger partial charge >= 0.3 is 17.3 Å². The molecule has 0 saturated carbocycles. The van der Waals surface area contributed by atoms with Gasteiger partial charge in [0.2, 0.25) is 5.82 Å². The first-order valence-corrected chi connectivity index (χ1v) is 9.35. The van der Waals surface area contributed by atoms with Crippen LogP contribution in [0.1, 0.15) is 16.7 Å². The number of hydrogen-bond donors (Lipinski definition) is 0. The second-order valence-electron chi connectivity index (χ2n) is 6.59. The van der Waals surface area contributed by atoms with E-state index in [-0.39, 0.29) is 39.9 Å². The van der Waals surface area contributed by atoms with Crippen molar-refractivity contribution in [3.05, 3.63) is 96.9 Å². The van der Waals surface area contributed by atoms with Crippen molar-refractivity contribution in [3.8, 4) is 11.8 Å². The maximum atomic E-state index is 14.5. The summed E-state index contributed by atoms with van der Waals surface area (Å²) in [5.41, 5.74) is -0.449. The zero-order valence-electron chi connectivity index (χ0n) is 16.0. The van der Waals surface area contributed by atoms with Crippen LogP contribution in [0, 0.1) is 22.9 Å². The van der Waals surface area contributed by atoms with Gasteiger partial charge in [0, 0.05) is 41.9 Å². The minimum Gasteiger partial charge on any atom is -0.423 e. The Balaban J connectivity index is 1.77. The van der Waals surface area contributed by atoms with E-state index in [1.54, 1.807) is 19.1 Å². The van der Waals surface area contributed by atoms with Crippen LogP contribution in [0.15, 0.2) is 58.0 Å². The van der Waals surface area contributed by atoms with Crippen molar-refractivity contribution in [2.24, 2.45) is 0 Å². The van der Waals surface area contributed by atoms with E-state index in [1.165, 1.54) is 30.6 Å².